The van der Waals surface area contributed by atoms with Crippen molar-refractivity contribution < 1.29 is 27.5 Å². The van der Waals surface area contributed by atoms with E-state index in [1.807, 2.05) is 13.8 Å². The summed E-state index contributed by atoms with van der Waals surface area (Å²) in [5.41, 5.74) is 0.407. The minimum atomic E-state index is -2.70. The quantitative estimate of drug-likeness (QED) is 0.545. The van der Waals surface area contributed by atoms with Crippen LogP contribution < -0.4 is 15.5 Å². The van der Waals surface area contributed by atoms with Crippen molar-refractivity contribution in [3.63, 3.8) is 0 Å². The molecule has 2 heterocycles. The first-order chi connectivity index (χ1) is 17.0. The predicted molar refractivity (Wildman–Crippen MR) is 128 cm³/mol. The molecule has 1 aliphatic carbocycles. The molecule has 1 aromatic carbocycles. The van der Waals surface area contributed by atoms with Gasteiger partial charge in [-0.1, -0.05) is 19.9 Å². The van der Waals surface area contributed by atoms with Gasteiger partial charge in [0.05, 0.1) is 17.6 Å². The molecule has 2 fully saturated rings. The van der Waals surface area contributed by atoms with Gasteiger partial charge in [-0.25, -0.2) is 22.9 Å². The molecule has 2 atom stereocenters. The summed E-state index contributed by atoms with van der Waals surface area (Å²) in [5, 5.41) is 5.75. The SMILES string of the molecule is CC(C)[C@H]1COC(=O)N1c1ccnc(N[C@@H](C)c2ccc(C(=O)NC3CCC(F)(F)CC3)c(F)c2)n1. The first-order valence-corrected chi connectivity index (χ1v) is 12.1. The lowest BCUT2D eigenvalue weighted by molar-refractivity contribution is -0.0399. The first kappa shape index (κ1) is 25.7. The predicted octanol–water partition coefficient (Wildman–Crippen LogP) is 5.08. The lowest BCUT2D eigenvalue weighted by Gasteiger charge is -2.28. The van der Waals surface area contributed by atoms with Crippen molar-refractivity contribution in [3.8, 4) is 0 Å². The van der Waals surface area contributed by atoms with E-state index in [0.717, 1.165) is 0 Å². The lowest BCUT2D eigenvalue weighted by Crippen LogP contribution is -2.40. The average Bonchev–Trinajstić information content (AvgIpc) is 3.22. The van der Waals surface area contributed by atoms with Crippen LogP contribution in [0.5, 0.6) is 0 Å². The molecule has 0 radical (unpaired) electrons. The molecule has 1 aromatic heterocycles. The summed E-state index contributed by atoms with van der Waals surface area (Å²) in [6.45, 7) is 6.06. The van der Waals surface area contributed by atoms with E-state index >= 15 is 0 Å². The Morgan fingerprint density at radius 3 is 2.58 bits per heavy atom. The van der Waals surface area contributed by atoms with Gasteiger partial charge in [0, 0.05) is 25.1 Å². The second-order valence-corrected chi connectivity index (χ2v) is 9.71. The van der Waals surface area contributed by atoms with Crippen LogP contribution in [0.1, 0.15) is 68.4 Å². The Balaban J connectivity index is 1.41. The topological polar surface area (TPSA) is 96.5 Å². The Hall–Kier alpha value is -3.37. The normalized spacial score (nSPS) is 20.8. The van der Waals surface area contributed by atoms with Crippen LogP contribution in [0.4, 0.5) is 29.7 Å². The second-order valence-electron chi connectivity index (χ2n) is 9.71. The molecule has 2 aromatic rings. The number of halogens is 3. The van der Waals surface area contributed by atoms with E-state index in [1.165, 1.54) is 23.2 Å². The molecule has 1 saturated heterocycles. The standard InChI is InChI=1S/C25H30F3N5O3/c1-14(2)20-13-36-24(35)33(20)21-8-11-29-23(32-21)30-15(3)16-4-5-18(19(26)12-16)22(34)31-17-6-9-25(27,28)10-7-17/h4-5,8,11-12,14-15,17,20H,6-7,9-10,13H2,1-3H3,(H,31,34)(H,29,30,32)/t15-,20+/m0/s1. The molecular formula is C25H30F3N5O3. The number of aromatic nitrogens is 2. The Kier molecular flexibility index (Phi) is 7.37. The van der Waals surface area contributed by atoms with Gasteiger partial charge in [0.25, 0.3) is 5.91 Å². The van der Waals surface area contributed by atoms with Gasteiger partial charge in [0.15, 0.2) is 0 Å². The van der Waals surface area contributed by atoms with Gasteiger partial charge in [0.2, 0.25) is 11.9 Å². The zero-order valence-corrected chi connectivity index (χ0v) is 20.4. The van der Waals surface area contributed by atoms with Crippen LogP contribution in [0, 0.1) is 11.7 Å². The van der Waals surface area contributed by atoms with Gasteiger partial charge < -0.3 is 15.4 Å². The molecule has 0 unspecified atom stereocenters. The molecule has 11 heteroatoms. The molecule has 0 bridgehead atoms. The number of alkyl halides is 2. The van der Waals surface area contributed by atoms with Crippen molar-refractivity contribution >= 4 is 23.8 Å². The number of ether oxygens (including phenoxy) is 1. The van der Waals surface area contributed by atoms with Crippen LogP contribution in [0.3, 0.4) is 0 Å². The largest absolute Gasteiger partial charge is 0.447 e. The lowest BCUT2D eigenvalue weighted by atomic mass is 9.92. The molecule has 2 aliphatic rings. The van der Waals surface area contributed by atoms with Gasteiger partial charge >= 0.3 is 6.09 Å². The molecule has 8 nitrogen and oxygen atoms in total. The number of hydrogen-bond donors (Lipinski definition) is 2. The maximum absolute atomic E-state index is 14.8. The van der Waals surface area contributed by atoms with Gasteiger partial charge in [-0.2, -0.15) is 4.98 Å². The summed E-state index contributed by atoms with van der Waals surface area (Å²) >= 11 is 0. The van der Waals surface area contributed by atoms with Crippen molar-refractivity contribution in [2.45, 2.75) is 70.5 Å². The fraction of sp³-hybridized carbons (Fsp3) is 0.520. The third kappa shape index (κ3) is 5.71. The molecule has 2 N–H and O–H groups in total. The summed E-state index contributed by atoms with van der Waals surface area (Å²) < 4.78 is 46.7. The minimum absolute atomic E-state index is 0.143. The Bertz CT molecular complexity index is 1120. The van der Waals surface area contributed by atoms with Crippen LogP contribution in [-0.4, -0.2) is 46.6 Å². The van der Waals surface area contributed by atoms with E-state index in [2.05, 4.69) is 20.6 Å². The number of anilines is 2. The molecule has 36 heavy (non-hydrogen) atoms. The number of amides is 2. The molecule has 0 spiro atoms. The van der Waals surface area contributed by atoms with Crippen molar-refractivity contribution in [1.29, 1.82) is 0 Å². The number of carbonyl (C=O) groups excluding carboxylic acids is 2. The number of hydrogen-bond acceptors (Lipinski definition) is 6. The van der Waals surface area contributed by atoms with Crippen LogP contribution in [0.15, 0.2) is 30.5 Å². The van der Waals surface area contributed by atoms with Gasteiger partial charge in [0.1, 0.15) is 18.2 Å². The van der Waals surface area contributed by atoms with Crippen molar-refractivity contribution in [3.05, 3.63) is 47.4 Å². The molecule has 1 saturated carbocycles. The maximum atomic E-state index is 14.8. The maximum Gasteiger partial charge on any atom is 0.415 e. The first-order valence-electron chi connectivity index (χ1n) is 12.1. The third-order valence-corrected chi connectivity index (χ3v) is 6.70. The van der Waals surface area contributed by atoms with E-state index in [9.17, 15) is 22.8 Å². The Morgan fingerprint density at radius 1 is 1.19 bits per heavy atom. The van der Waals surface area contributed by atoms with Crippen LogP contribution in [0.25, 0.3) is 0 Å². The summed E-state index contributed by atoms with van der Waals surface area (Å²) in [5.74, 6) is -3.22. The fourth-order valence-corrected chi connectivity index (χ4v) is 4.45. The van der Waals surface area contributed by atoms with Crippen LogP contribution >= 0.6 is 0 Å². The second kappa shape index (κ2) is 10.3. The number of nitrogens with one attached hydrogen (secondary N) is 2. The van der Waals surface area contributed by atoms with Gasteiger partial charge in [-0.05, 0) is 49.4 Å². The van der Waals surface area contributed by atoms with Gasteiger partial charge in [-0.3, -0.25) is 9.69 Å². The van der Waals surface area contributed by atoms with E-state index in [0.29, 0.717) is 11.4 Å². The van der Waals surface area contributed by atoms with Crippen LogP contribution in [-0.2, 0) is 4.74 Å². The Labute approximate surface area is 207 Å². The zero-order chi connectivity index (χ0) is 26.0. The summed E-state index contributed by atoms with van der Waals surface area (Å²) in [7, 11) is 0. The monoisotopic (exact) mass is 505 g/mol. The van der Waals surface area contributed by atoms with Gasteiger partial charge in [-0.15, -0.1) is 0 Å². The minimum Gasteiger partial charge on any atom is -0.447 e. The number of benzene rings is 1. The third-order valence-electron chi connectivity index (χ3n) is 6.70. The molecule has 1 aliphatic heterocycles. The number of cyclic esters (lactones) is 1. The highest BCUT2D eigenvalue weighted by Crippen LogP contribution is 2.33. The van der Waals surface area contributed by atoms with E-state index in [4.69, 9.17) is 4.74 Å². The fourth-order valence-electron chi connectivity index (χ4n) is 4.45. The van der Waals surface area contributed by atoms with E-state index in [1.54, 1.807) is 19.1 Å². The van der Waals surface area contributed by atoms with E-state index in [-0.39, 0.29) is 55.8 Å². The highest BCUT2D eigenvalue weighted by molar-refractivity contribution is 5.94. The average molecular weight is 506 g/mol. The Morgan fingerprint density at radius 2 is 1.92 bits per heavy atom. The van der Waals surface area contributed by atoms with Crippen molar-refractivity contribution in [2.75, 3.05) is 16.8 Å². The molecular weight excluding hydrogens is 475 g/mol. The van der Waals surface area contributed by atoms with Crippen molar-refractivity contribution in [1.82, 2.24) is 15.3 Å². The van der Waals surface area contributed by atoms with Crippen molar-refractivity contribution in [2.24, 2.45) is 5.92 Å². The molecule has 2 amide bonds. The number of carbonyl (C=O) groups is 2. The smallest absolute Gasteiger partial charge is 0.415 e. The highest BCUT2D eigenvalue weighted by atomic mass is 19.3. The molecule has 194 valence electrons. The number of nitrogens with zero attached hydrogens (tertiary/aromatic N) is 3. The number of rotatable bonds is 7. The van der Waals surface area contributed by atoms with E-state index < -0.39 is 35.8 Å². The van der Waals surface area contributed by atoms with Crippen LogP contribution in [0.2, 0.25) is 0 Å². The molecule has 4 rings (SSSR count). The summed E-state index contributed by atoms with van der Waals surface area (Å²) in [6, 6.07) is 4.90. The summed E-state index contributed by atoms with van der Waals surface area (Å²) in [6.07, 6.45) is 0.794. The zero-order valence-electron chi connectivity index (χ0n) is 20.4. The summed E-state index contributed by atoms with van der Waals surface area (Å²) in [4.78, 5) is 34.9. The highest BCUT2D eigenvalue weighted by Gasteiger charge is 2.37.